The summed E-state index contributed by atoms with van der Waals surface area (Å²) in [6.45, 7) is 2.12. The van der Waals surface area contributed by atoms with Crippen molar-refractivity contribution in [3.8, 4) is 5.75 Å². The number of nitrogens with one attached hydrogen (secondary N) is 2. The molecule has 2 N–H and O–H groups in total. The first-order valence-corrected chi connectivity index (χ1v) is 11.1. The number of rotatable bonds is 9. The zero-order chi connectivity index (χ0) is 21.4. The van der Waals surface area contributed by atoms with Crippen LogP contribution in [-0.4, -0.2) is 20.9 Å². The molecule has 0 aliphatic rings. The molecule has 7 heteroatoms. The maximum absolute atomic E-state index is 12.4. The van der Waals surface area contributed by atoms with E-state index in [2.05, 4.69) is 10.0 Å². The van der Waals surface area contributed by atoms with Gasteiger partial charge in [0.15, 0.2) is 6.61 Å². The standard InChI is InChI=1S/C23H24N2O4S/c1-2-18-9-6-10-21(15-18)29-17-23(26)25-20-11-13-22(14-12-20)30(27,28)24-16-19-7-4-3-5-8-19/h3-15,24H,2,16-17H2,1H3,(H,25,26). The second kappa shape index (κ2) is 10.0. The van der Waals surface area contributed by atoms with Crippen LogP contribution in [0.1, 0.15) is 18.1 Å². The molecule has 0 aromatic heterocycles. The molecule has 3 aromatic rings. The van der Waals surface area contributed by atoms with E-state index in [-0.39, 0.29) is 24.0 Å². The first-order chi connectivity index (χ1) is 14.5. The monoisotopic (exact) mass is 424 g/mol. The zero-order valence-corrected chi connectivity index (χ0v) is 17.5. The minimum atomic E-state index is -3.64. The maximum Gasteiger partial charge on any atom is 0.262 e. The summed E-state index contributed by atoms with van der Waals surface area (Å²) in [7, 11) is -3.64. The van der Waals surface area contributed by atoms with E-state index in [1.54, 1.807) is 18.2 Å². The third kappa shape index (κ3) is 6.17. The quantitative estimate of drug-likeness (QED) is 0.548. The van der Waals surface area contributed by atoms with Crippen LogP contribution in [0.3, 0.4) is 0 Å². The van der Waals surface area contributed by atoms with Crippen LogP contribution in [0.15, 0.2) is 83.8 Å². The fourth-order valence-corrected chi connectivity index (χ4v) is 3.79. The molecule has 0 heterocycles. The molecular weight excluding hydrogens is 400 g/mol. The lowest BCUT2D eigenvalue weighted by Crippen LogP contribution is -2.23. The van der Waals surface area contributed by atoms with Crippen molar-refractivity contribution < 1.29 is 17.9 Å². The largest absolute Gasteiger partial charge is 0.484 e. The van der Waals surface area contributed by atoms with E-state index >= 15 is 0 Å². The molecule has 0 aliphatic heterocycles. The molecule has 0 saturated heterocycles. The molecule has 1 amide bonds. The van der Waals surface area contributed by atoms with E-state index in [1.807, 2.05) is 55.5 Å². The van der Waals surface area contributed by atoms with Gasteiger partial charge < -0.3 is 10.1 Å². The molecule has 3 aromatic carbocycles. The van der Waals surface area contributed by atoms with Gasteiger partial charge in [0.05, 0.1) is 4.90 Å². The Morgan fingerprint density at radius 1 is 0.900 bits per heavy atom. The average Bonchev–Trinajstić information content (AvgIpc) is 2.77. The van der Waals surface area contributed by atoms with Gasteiger partial charge in [0.25, 0.3) is 5.91 Å². The second-order valence-corrected chi connectivity index (χ2v) is 8.44. The van der Waals surface area contributed by atoms with Crippen molar-refractivity contribution in [2.45, 2.75) is 24.8 Å². The van der Waals surface area contributed by atoms with Crippen molar-refractivity contribution in [1.29, 1.82) is 0 Å². The van der Waals surface area contributed by atoms with E-state index in [0.717, 1.165) is 17.5 Å². The SMILES string of the molecule is CCc1cccc(OCC(=O)Nc2ccc(S(=O)(=O)NCc3ccccc3)cc2)c1. The van der Waals surface area contributed by atoms with Crippen LogP contribution in [0.4, 0.5) is 5.69 Å². The molecule has 30 heavy (non-hydrogen) atoms. The van der Waals surface area contributed by atoms with Crippen LogP contribution < -0.4 is 14.8 Å². The second-order valence-electron chi connectivity index (χ2n) is 6.67. The van der Waals surface area contributed by atoms with Crippen molar-refractivity contribution in [3.05, 3.63) is 90.0 Å². The molecule has 3 rings (SSSR count). The average molecular weight is 425 g/mol. The van der Waals surface area contributed by atoms with E-state index in [4.69, 9.17) is 4.74 Å². The third-order valence-corrected chi connectivity index (χ3v) is 5.85. The molecule has 0 fully saturated rings. The fourth-order valence-electron chi connectivity index (χ4n) is 2.78. The molecular formula is C23H24N2O4S. The highest BCUT2D eigenvalue weighted by Crippen LogP contribution is 2.16. The highest BCUT2D eigenvalue weighted by atomic mass is 32.2. The normalized spacial score (nSPS) is 11.1. The Labute approximate surface area is 177 Å². The minimum Gasteiger partial charge on any atom is -0.484 e. The van der Waals surface area contributed by atoms with Gasteiger partial charge in [-0.15, -0.1) is 0 Å². The summed E-state index contributed by atoms with van der Waals surface area (Å²) in [6, 6.07) is 22.9. The maximum atomic E-state index is 12.4. The van der Waals surface area contributed by atoms with Gasteiger partial charge in [-0.3, -0.25) is 4.79 Å². The minimum absolute atomic E-state index is 0.129. The van der Waals surface area contributed by atoms with Crippen LogP contribution in [0.2, 0.25) is 0 Å². The van der Waals surface area contributed by atoms with Crippen molar-refractivity contribution in [1.82, 2.24) is 4.72 Å². The number of sulfonamides is 1. The molecule has 156 valence electrons. The number of carbonyl (C=O) groups excluding carboxylic acids is 1. The van der Waals surface area contributed by atoms with Gasteiger partial charge in [-0.1, -0.05) is 49.4 Å². The highest BCUT2D eigenvalue weighted by molar-refractivity contribution is 7.89. The molecule has 6 nitrogen and oxygen atoms in total. The van der Waals surface area contributed by atoms with Gasteiger partial charge in [-0.2, -0.15) is 0 Å². The van der Waals surface area contributed by atoms with Crippen LogP contribution in [-0.2, 0) is 27.8 Å². The number of benzene rings is 3. The van der Waals surface area contributed by atoms with Gasteiger partial charge >= 0.3 is 0 Å². The molecule has 0 spiro atoms. The van der Waals surface area contributed by atoms with Crippen LogP contribution >= 0.6 is 0 Å². The number of hydrogen-bond acceptors (Lipinski definition) is 4. The Kier molecular flexibility index (Phi) is 7.21. The van der Waals surface area contributed by atoms with Gasteiger partial charge in [-0.05, 0) is 53.9 Å². The third-order valence-electron chi connectivity index (χ3n) is 4.43. The van der Waals surface area contributed by atoms with Crippen LogP contribution in [0.5, 0.6) is 5.75 Å². The number of aryl methyl sites for hydroxylation is 1. The molecule has 0 bridgehead atoms. The zero-order valence-electron chi connectivity index (χ0n) is 16.7. The predicted molar refractivity (Wildman–Crippen MR) is 117 cm³/mol. The fraction of sp³-hybridized carbons (Fsp3) is 0.174. The Hall–Kier alpha value is -3.16. The lowest BCUT2D eigenvalue weighted by molar-refractivity contribution is -0.118. The van der Waals surface area contributed by atoms with E-state index in [9.17, 15) is 13.2 Å². The number of anilines is 1. The summed E-state index contributed by atoms with van der Waals surface area (Å²) in [6.07, 6.45) is 0.888. The summed E-state index contributed by atoms with van der Waals surface area (Å²) in [5, 5.41) is 2.70. The van der Waals surface area contributed by atoms with E-state index in [1.165, 1.54) is 12.1 Å². The number of ether oxygens (including phenoxy) is 1. The Morgan fingerprint density at radius 2 is 1.60 bits per heavy atom. The molecule has 0 radical (unpaired) electrons. The Morgan fingerprint density at radius 3 is 2.30 bits per heavy atom. The molecule has 0 saturated carbocycles. The first-order valence-electron chi connectivity index (χ1n) is 9.61. The predicted octanol–water partition coefficient (Wildman–Crippen LogP) is 3.75. The Balaban J connectivity index is 1.53. The molecule has 0 unspecified atom stereocenters. The smallest absolute Gasteiger partial charge is 0.262 e. The van der Waals surface area contributed by atoms with Crippen LogP contribution in [0, 0.1) is 0 Å². The molecule has 0 aliphatic carbocycles. The lowest BCUT2D eigenvalue weighted by atomic mass is 10.2. The number of carbonyl (C=O) groups is 1. The van der Waals surface area contributed by atoms with Crippen molar-refractivity contribution >= 4 is 21.6 Å². The first kappa shape index (κ1) is 21.5. The summed E-state index contributed by atoms with van der Waals surface area (Å²) in [4.78, 5) is 12.2. The van der Waals surface area contributed by atoms with E-state index in [0.29, 0.717) is 11.4 Å². The summed E-state index contributed by atoms with van der Waals surface area (Å²) < 4.78 is 32.9. The van der Waals surface area contributed by atoms with Gasteiger partial charge in [0, 0.05) is 12.2 Å². The number of hydrogen-bond donors (Lipinski definition) is 2. The summed E-state index contributed by atoms with van der Waals surface area (Å²) in [5.41, 5.74) is 2.49. The van der Waals surface area contributed by atoms with E-state index < -0.39 is 10.0 Å². The van der Waals surface area contributed by atoms with Crippen LogP contribution in [0.25, 0.3) is 0 Å². The molecule has 0 atom stereocenters. The Bertz CT molecular complexity index is 1080. The van der Waals surface area contributed by atoms with Gasteiger partial charge in [0.2, 0.25) is 10.0 Å². The highest BCUT2D eigenvalue weighted by Gasteiger charge is 2.14. The van der Waals surface area contributed by atoms with Crippen molar-refractivity contribution in [3.63, 3.8) is 0 Å². The van der Waals surface area contributed by atoms with Gasteiger partial charge in [0.1, 0.15) is 5.75 Å². The topological polar surface area (TPSA) is 84.5 Å². The number of amides is 1. The van der Waals surface area contributed by atoms with Crippen molar-refractivity contribution in [2.24, 2.45) is 0 Å². The summed E-state index contributed by atoms with van der Waals surface area (Å²) >= 11 is 0. The van der Waals surface area contributed by atoms with Crippen molar-refractivity contribution in [2.75, 3.05) is 11.9 Å². The summed E-state index contributed by atoms with van der Waals surface area (Å²) in [5.74, 6) is 0.310. The lowest BCUT2D eigenvalue weighted by Gasteiger charge is -2.10. The van der Waals surface area contributed by atoms with Gasteiger partial charge in [-0.25, -0.2) is 13.1 Å².